The molecule has 0 N–H and O–H groups in total. The molecule has 1 rings (SSSR count). The van der Waals surface area contributed by atoms with E-state index in [1.807, 2.05) is 59.7 Å². The first-order valence-electron chi connectivity index (χ1n) is 6.89. The fourth-order valence-corrected chi connectivity index (χ4v) is 2.49. The first-order valence-corrected chi connectivity index (χ1v) is 8.41. The third-order valence-electron chi connectivity index (χ3n) is 2.06. The maximum Gasteiger partial charge on any atom is 0.205 e. The molecule has 0 bridgehead atoms. The second kappa shape index (κ2) is 7.33. The Labute approximate surface area is 124 Å². The van der Waals surface area contributed by atoms with Gasteiger partial charge >= 0.3 is 0 Å². The van der Waals surface area contributed by atoms with Crippen molar-refractivity contribution in [2.24, 2.45) is 0 Å². The average molecular weight is 298 g/mol. The second-order valence-electron chi connectivity index (χ2n) is 6.70. The van der Waals surface area contributed by atoms with E-state index < -0.39 is 15.4 Å². The minimum absolute atomic E-state index is 0.381. The Morgan fingerprint density at radius 2 is 1.25 bits per heavy atom. The standard InChI is InChI=1S/C15H26O4Si/c1-14(2,3)18-16-13(17-19-15(4,5)6)20-12-10-8-7-9-11-12/h7-11,13H,20H2,1-6H3. The lowest BCUT2D eigenvalue weighted by molar-refractivity contribution is -0.475. The van der Waals surface area contributed by atoms with E-state index in [2.05, 4.69) is 12.1 Å². The van der Waals surface area contributed by atoms with E-state index >= 15 is 0 Å². The molecule has 0 fully saturated rings. The van der Waals surface area contributed by atoms with Crippen molar-refractivity contribution in [2.75, 3.05) is 0 Å². The highest BCUT2D eigenvalue weighted by molar-refractivity contribution is 6.54. The van der Waals surface area contributed by atoms with Crippen LogP contribution in [0.3, 0.4) is 0 Å². The first-order chi connectivity index (χ1) is 9.16. The van der Waals surface area contributed by atoms with Crippen LogP contribution in [-0.2, 0) is 19.6 Å². The van der Waals surface area contributed by atoms with E-state index in [1.165, 1.54) is 5.19 Å². The average Bonchev–Trinajstić information content (AvgIpc) is 2.32. The van der Waals surface area contributed by atoms with Crippen molar-refractivity contribution in [3.63, 3.8) is 0 Å². The molecule has 0 aliphatic carbocycles. The Kier molecular flexibility index (Phi) is 6.35. The predicted molar refractivity (Wildman–Crippen MR) is 82.3 cm³/mol. The van der Waals surface area contributed by atoms with Crippen LogP contribution in [0, 0.1) is 0 Å². The van der Waals surface area contributed by atoms with Gasteiger partial charge in [-0.05, 0) is 41.5 Å². The van der Waals surface area contributed by atoms with Gasteiger partial charge in [0.05, 0.1) is 11.2 Å². The molecule has 0 unspecified atom stereocenters. The largest absolute Gasteiger partial charge is 0.229 e. The summed E-state index contributed by atoms with van der Waals surface area (Å²) in [5.74, 6) is -0.476. The van der Waals surface area contributed by atoms with E-state index in [0.29, 0.717) is 0 Å². The molecule has 114 valence electrons. The van der Waals surface area contributed by atoms with Crippen molar-refractivity contribution >= 4 is 14.7 Å². The van der Waals surface area contributed by atoms with Crippen molar-refractivity contribution in [2.45, 2.75) is 58.7 Å². The summed E-state index contributed by atoms with van der Waals surface area (Å²) in [4.78, 5) is 21.6. The number of rotatable bonds is 6. The van der Waals surface area contributed by atoms with Crippen molar-refractivity contribution in [1.29, 1.82) is 0 Å². The van der Waals surface area contributed by atoms with Gasteiger partial charge in [0.2, 0.25) is 5.91 Å². The summed E-state index contributed by atoms with van der Waals surface area (Å²) in [6.07, 6.45) is 0. The Morgan fingerprint density at radius 3 is 1.65 bits per heavy atom. The maximum atomic E-state index is 5.42. The van der Waals surface area contributed by atoms with Crippen LogP contribution in [0.5, 0.6) is 0 Å². The van der Waals surface area contributed by atoms with Crippen LogP contribution in [0.25, 0.3) is 0 Å². The minimum atomic E-state index is -0.830. The molecule has 0 spiro atoms. The van der Waals surface area contributed by atoms with Gasteiger partial charge in [0.1, 0.15) is 9.52 Å². The molecule has 0 amide bonds. The molecule has 0 aliphatic heterocycles. The number of benzene rings is 1. The third kappa shape index (κ3) is 8.45. The van der Waals surface area contributed by atoms with Gasteiger partial charge in [-0.25, -0.2) is 19.6 Å². The van der Waals surface area contributed by atoms with E-state index in [9.17, 15) is 0 Å². The van der Waals surface area contributed by atoms with E-state index in [4.69, 9.17) is 19.6 Å². The van der Waals surface area contributed by atoms with Crippen LogP contribution < -0.4 is 5.19 Å². The molecule has 1 aromatic carbocycles. The summed E-state index contributed by atoms with van der Waals surface area (Å²) >= 11 is 0. The molecule has 20 heavy (non-hydrogen) atoms. The molecule has 0 saturated heterocycles. The lowest BCUT2D eigenvalue weighted by atomic mass is 10.2. The monoisotopic (exact) mass is 298 g/mol. The van der Waals surface area contributed by atoms with Gasteiger partial charge in [0.15, 0.2) is 0 Å². The van der Waals surface area contributed by atoms with E-state index in [1.54, 1.807) is 0 Å². The van der Waals surface area contributed by atoms with E-state index in [0.717, 1.165) is 0 Å². The van der Waals surface area contributed by atoms with Crippen LogP contribution in [0.15, 0.2) is 30.3 Å². The summed E-state index contributed by atoms with van der Waals surface area (Å²) in [6, 6.07) is 10.1. The molecule has 0 saturated carbocycles. The third-order valence-corrected chi connectivity index (χ3v) is 3.60. The van der Waals surface area contributed by atoms with Gasteiger partial charge in [-0.2, -0.15) is 0 Å². The van der Waals surface area contributed by atoms with Crippen molar-refractivity contribution < 1.29 is 19.6 Å². The van der Waals surface area contributed by atoms with Gasteiger partial charge in [-0.1, -0.05) is 35.5 Å². The molecule has 0 atom stereocenters. The van der Waals surface area contributed by atoms with Gasteiger partial charge < -0.3 is 0 Å². The summed E-state index contributed by atoms with van der Waals surface area (Å²) in [5.41, 5.74) is -0.761. The summed E-state index contributed by atoms with van der Waals surface area (Å²) in [6.45, 7) is 11.6. The Bertz CT molecular complexity index is 363. The van der Waals surface area contributed by atoms with Crippen molar-refractivity contribution in [3.05, 3.63) is 30.3 Å². The Hall–Kier alpha value is -0.723. The van der Waals surface area contributed by atoms with Crippen molar-refractivity contribution in [3.8, 4) is 0 Å². The Morgan fingerprint density at radius 1 is 0.800 bits per heavy atom. The molecule has 0 aliphatic rings. The highest BCUT2D eigenvalue weighted by Gasteiger charge is 2.22. The minimum Gasteiger partial charge on any atom is -0.229 e. The lowest BCUT2D eigenvalue weighted by Gasteiger charge is -2.25. The molecule has 4 nitrogen and oxygen atoms in total. The Balaban J connectivity index is 2.59. The van der Waals surface area contributed by atoms with Crippen LogP contribution in [0.4, 0.5) is 0 Å². The molecular weight excluding hydrogens is 272 g/mol. The van der Waals surface area contributed by atoms with Crippen LogP contribution in [0.2, 0.25) is 0 Å². The molecular formula is C15H26O4Si. The SMILES string of the molecule is CC(C)(C)OOC(OOC(C)(C)C)[SiH2]c1ccccc1. The first kappa shape index (κ1) is 17.3. The summed E-state index contributed by atoms with van der Waals surface area (Å²) in [7, 11) is -0.830. The quantitative estimate of drug-likeness (QED) is 0.349. The second-order valence-corrected chi connectivity index (χ2v) is 8.59. The molecule has 5 heteroatoms. The lowest BCUT2D eigenvalue weighted by Crippen LogP contribution is -2.37. The van der Waals surface area contributed by atoms with Gasteiger partial charge in [-0.3, -0.25) is 0 Å². The van der Waals surface area contributed by atoms with Crippen LogP contribution in [-0.4, -0.2) is 26.6 Å². The predicted octanol–water partition coefficient (Wildman–Crippen LogP) is 2.26. The highest BCUT2D eigenvalue weighted by atomic mass is 28.2. The van der Waals surface area contributed by atoms with Gasteiger partial charge in [0.25, 0.3) is 0 Å². The van der Waals surface area contributed by atoms with Crippen molar-refractivity contribution in [1.82, 2.24) is 0 Å². The number of hydrogen-bond donors (Lipinski definition) is 0. The topological polar surface area (TPSA) is 36.9 Å². The zero-order valence-electron chi connectivity index (χ0n) is 13.3. The molecule has 0 aromatic heterocycles. The summed E-state index contributed by atoms with van der Waals surface area (Å²) < 4.78 is 0. The molecule has 0 heterocycles. The van der Waals surface area contributed by atoms with Crippen LogP contribution >= 0.6 is 0 Å². The fraction of sp³-hybridized carbons (Fsp3) is 0.600. The molecule has 0 radical (unpaired) electrons. The van der Waals surface area contributed by atoms with Crippen LogP contribution in [0.1, 0.15) is 41.5 Å². The fourth-order valence-electron chi connectivity index (χ4n) is 1.29. The number of hydrogen-bond acceptors (Lipinski definition) is 4. The molecule has 1 aromatic rings. The van der Waals surface area contributed by atoms with Gasteiger partial charge in [0, 0.05) is 0 Å². The maximum absolute atomic E-state index is 5.42. The zero-order chi connectivity index (χ0) is 15.2. The zero-order valence-corrected chi connectivity index (χ0v) is 14.7. The summed E-state index contributed by atoms with van der Waals surface area (Å²) in [5, 5.41) is 1.23. The highest BCUT2D eigenvalue weighted by Crippen LogP contribution is 2.13. The van der Waals surface area contributed by atoms with E-state index in [-0.39, 0.29) is 11.2 Å². The normalized spacial score (nSPS) is 13.6. The van der Waals surface area contributed by atoms with Gasteiger partial charge in [-0.15, -0.1) is 0 Å². The smallest absolute Gasteiger partial charge is 0.205 e.